The molecule has 3 N–H and O–H groups in total. The second kappa shape index (κ2) is 9.14. The molecule has 160 valence electrons. The van der Waals surface area contributed by atoms with Crippen molar-refractivity contribution < 1.29 is 9.18 Å². The van der Waals surface area contributed by atoms with Crippen molar-refractivity contribution in [3.05, 3.63) is 89.9 Å². The molecule has 0 aliphatic rings. The van der Waals surface area contributed by atoms with Crippen molar-refractivity contribution in [3.63, 3.8) is 0 Å². The van der Waals surface area contributed by atoms with Crippen molar-refractivity contribution in [2.45, 2.75) is 12.8 Å². The molecule has 0 atom stereocenters. The number of hydrogen-bond acceptors (Lipinski definition) is 5. The summed E-state index contributed by atoms with van der Waals surface area (Å²) in [5, 5.41) is 16.8. The summed E-state index contributed by atoms with van der Waals surface area (Å²) in [7, 11) is 0. The number of para-hydroxylation sites is 1. The van der Waals surface area contributed by atoms with Crippen LogP contribution in [0, 0.1) is 17.1 Å². The van der Waals surface area contributed by atoms with Crippen LogP contribution in [0.5, 0.6) is 0 Å². The van der Waals surface area contributed by atoms with E-state index in [1.807, 2.05) is 30.3 Å². The normalized spacial score (nSPS) is 10.6. The molecule has 2 aromatic carbocycles. The van der Waals surface area contributed by atoms with Gasteiger partial charge >= 0.3 is 0 Å². The van der Waals surface area contributed by atoms with Crippen molar-refractivity contribution in [2.75, 3.05) is 12.3 Å². The van der Waals surface area contributed by atoms with Gasteiger partial charge in [-0.3, -0.25) is 9.36 Å². The maximum Gasteiger partial charge on any atom is 0.269 e. The number of amides is 1. The first-order valence-electron chi connectivity index (χ1n) is 9.98. The number of anilines is 1. The summed E-state index contributed by atoms with van der Waals surface area (Å²) >= 11 is 0. The number of carbonyl (C=O) groups is 1. The van der Waals surface area contributed by atoms with E-state index in [1.54, 1.807) is 23.0 Å². The summed E-state index contributed by atoms with van der Waals surface area (Å²) in [6, 6.07) is 17.2. The SMILES string of the molecule is N#Cc1c(CCCNC(=O)c2cncn2-c2ccccc2)nn(-c2ccc(F)cc2)c1N. The molecule has 4 aromatic rings. The lowest BCUT2D eigenvalue weighted by Gasteiger charge is -2.08. The van der Waals surface area contributed by atoms with Gasteiger partial charge in [-0.1, -0.05) is 18.2 Å². The first-order valence-corrected chi connectivity index (χ1v) is 9.98. The molecule has 2 aromatic heterocycles. The van der Waals surface area contributed by atoms with E-state index in [9.17, 15) is 14.4 Å². The molecule has 32 heavy (non-hydrogen) atoms. The van der Waals surface area contributed by atoms with Crippen LogP contribution in [0.25, 0.3) is 11.4 Å². The van der Waals surface area contributed by atoms with E-state index >= 15 is 0 Å². The molecule has 0 bridgehead atoms. The van der Waals surface area contributed by atoms with Crippen molar-refractivity contribution in [1.82, 2.24) is 24.6 Å². The molecule has 0 saturated heterocycles. The lowest BCUT2D eigenvalue weighted by molar-refractivity contribution is 0.0946. The minimum absolute atomic E-state index is 0.199. The number of rotatable bonds is 7. The highest BCUT2D eigenvalue weighted by molar-refractivity contribution is 5.92. The molecular formula is C23H20FN7O. The monoisotopic (exact) mass is 429 g/mol. The number of aryl methyl sites for hydroxylation is 1. The van der Waals surface area contributed by atoms with E-state index in [0.717, 1.165) is 5.69 Å². The Morgan fingerprint density at radius 2 is 1.88 bits per heavy atom. The Kier molecular flexibility index (Phi) is 5.94. The standard InChI is InChI=1S/C23H20FN7O/c24-16-8-10-18(11-9-16)31-22(26)19(13-25)20(29-31)7-4-12-28-23(32)21-14-27-15-30(21)17-5-2-1-3-6-17/h1-3,5-6,8-11,14-15H,4,7,12,26H2,(H,28,32). The summed E-state index contributed by atoms with van der Waals surface area (Å²) in [6.07, 6.45) is 4.11. The van der Waals surface area contributed by atoms with E-state index in [2.05, 4.69) is 21.5 Å². The van der Waals surface area contributed by atoms with Gasteiger partial charge in [-0.05, 0) is 49.2 Å². The Morgan fingerprint density at radius 3 is 2.59 bits per heavy atom. The number of nitrogens with zero attached hydrogens (tertiary/aromatic N) is 5. The maximum absolute atomic E-state index is 13.2. The van der Waals surface area contributed by atoms with Gasteiger partial charge in [0.2, 0.25) is 0 Å². The van der Waals surface area contributed by atoms with Crippen LogP contribution in [0.2, 0.25) is 0 Å². The molecule has 8 nitrogen and oxygen atoms in total. The predicted octanol–water partition coefficient (Wildman–Crippen LogP) is 3.01. The minimum atomic E-state index is -0.371. The largest absolute Gasteiger partial charge is 0.382 e. The van der Waals surface area contributed by atoms with Gasteiger partial charge in [0.1, 0.15) is 29.0 Å². The maximum atomic E-state index is 13.2. The third kappa shape index (κ3) is 4.20. The highest BCUT2D eigenvalue weighted by Crippen LogP contribution is 2.21. The second-order valence-electron chi connectivity index (χ2n) is 7.05. The number of nitrogens with two attached hydrogens (primary N) is 1. The number of hydrogen-bond donors (Lipinski definition) is 2. The molecule has 9 heteroatoms. The van der Waals surface area contributed by atoms with Gasteiger partial charge in [-0.15, -0.1) is 0 Å². The number of imidazole rings is 1. The average molecular weight is 429 g/mol. The number of nitrogen functional groups attached to an aromatic ring is 1. The van der Waals surface area contributed by atoms with Gasteiger partial charge in [0.15, 0.2) is 0 Å². The van der Waals surface area contributed by atoms with Crippen LogP contribution in [-0.2, 0) is 6.42 Å². The van der Waals surface area contributed by atoms with E-state index < -0.39 is 0 Å². The molecule has 0 fully saturated rings. The summed E-state index contributed by atoms with van der Waals surface area (Å²) in [5.74, 6) is -0.419. The van der Waals surface area contributed by atoms with Crippen LogP contribution in [0.4, 0.5) is 10.2 Å². The molecule has 0 aliphatic heterocycles. The van der Waals surface area contributed by atoms with Crippen molar-refractivity contribution >= 4 is 11.7 Å². The molecule has 1 amide bonds. The van der Waals surface area contributed by atoms with Gasteiger partial charge < -0.3 is 11.1 Å². The van der Waals surface area contributed by atoms with Crippen molar-refractivity contribution in [1.29, 1.82) is 5.26 Å². The van der Waals surface area contributed by atoms with Crippen LogP contribution in [0.3, 0.4) is 0 Å². The molecule has 0 saturated carbocycles. The molecule has 0 unspecified atom stereocenters. The molecule has 0 spiro atoms. The number of halogens is 1. The summed E-state index contributed by atoms with van der Waals surface area (Å²) in [5.41, 5.74) is 8.72. The Hall–Kier alpha value is -4.45. The Bertz CT molecular complexity index is 1270. The van der Waals surface area contributed by atoms with E-state index in [4.69, 9.17) is 5.73 Å². The van der Waals surface area contributed by atoms with Gasteiger partial charge in [0.05, 0.1) is 23.9 Å². The Labute approximate surface area is 183 Å². The number of benzene rings is 2. The van der Waals surface area contributed by atoms with Crippen LogP contribution >= 0.6 is 0 Å². The lowest BCUT2D eigenvalue weighted by atomic mass is 10.1. The Balaban J connectivity index is 1.40. The summed E-state index contributed by atoms with van der Waals surface area (Å²) in [4.78, 5) is 16.7. The van der Waals surface area contributed by atoms with Crippen LogP contribution in [-0.4, -0.2) is 31.8 Å². The van der Waals surface area contributed by atoms with Gasteiger partial charge in [-0.25, -0.2) is 14.1 Å². The van der Waals surface area contributed by atoms with Crippen molar-refractivity contribution in [2.24, 2.45) is 0 Å². The minimum Gasteiger partial charge on any atom is -0.382 e. The fourth-order valence-electron chi connectivity index (χ4n) is 3.36. The molecule has 0 radical (unpaired) electrons. The quantitative estimate of drug-likeness (QED) is 0.438. The number of aromatic nitrogens is 4. The van der Waals surface area contributed by atoms with Crippen LogP contribution in [0.15, 0.2) is 67.1 Å². The van der Waals surface area contributed by atoms with Crippen LogP contribution in [0.1, 0.15) is 28.2 Å². The lowest BCUT2D eigenvalue weighted by Crippen LogP contribution is -2.26. The topological polar surface area (TPSA) is 115 Å². The second-order valence-corrected chi connectivity index (χ2v) is 7.05. The van der Waals surface area contributed by atoms with E-state index in [-0.39, 0.29) is 23.1 Å². The third-order valence-electron chi connectivity index (χ3n) is 4.96. The Morgan fingerprint density at radius 1 is 1.12 bits per heavy atom. The first kappa shape index (κ1) is 20.8. The number of carbonyl (C=O) groups excluding carboxylic acids is 1. The zero-order chi connectivity index (χ0) is 22.5. The summed E-state index contributed by atoms with van der Waals surface area (Å²) < 4.78 is 16.3. The van der Waals surface area contributed by atoms with Gasteiger partial charge in [0.25, 0.3) is 5.91 Å². The first-order chi connectivity index (χ1) is 15.6. The number of nitriles is 1. The fraction of sp³-hybridized carbons (Fsp3) is 0.130. The molecular weight excluding hydrogens is 409 g/mol. The molecule has 4 rings (SSSR count). The molecule has 2 heterocycles. The summed E-state index contributed by atoms with van der Waals surface area (Å²) in [6.45, 7) is 0.382. The molecule has 0 aliphatic carbocycles. The van der Waals surface area contributed by atoms with Gasteiger partial charge in [0, 0.05) is 12.2 Å². The zero-order valence-corrected chi connectivity index (χ0v) is 17.1. The van der Waals surface area contributed by atoms with Crippen molar-refractivity contribution in [3.8, 4) is 17.4 Å². The highest BCUT2D eigenvalue weighted by Gasteiger charge is 2.17. The van der Waals surface area contributed by atoms with E-state index in [1.165, 1.54) is 23.0 Å². The highest BCUT2D eigenvalue weighted by atomic mass is 19.1. The number of nitrogens with one attached hydrogen (secondary N) is 1. The zero-order valence-electron chi connectivity index (χ0n) is 17.1. The fourth-order valence-corrected chi connectivity index (χ4v) is 3.36. The smallest absolute Gasteiger partial charge is 0.269 e. The third-order valence-corrected chi connectivity index (χ3v) is 4.96. The average Bonchev–Trinajstić information content (AvgIpc) is 3.42. The van der Waals surface area contributed by atoms with E-state index in [0.29, 0.717) is 36.5 Å². The predicted molar refractivity (Wildman–Crippen MR) is 117 cm³/mol. The van der Waals surface area contributed by atoms with Crippen LogP contribution < -0.4 is 11.1 Å². The van der Waals surface area contributed by atoms with Gasteiger partial charge in [-0.2, -0.15) is 10.4 Å².